The normalized spacial score (nSPS) is 19.5. The van der Waals surface area contributed by atoms with E-state index in [1.807, 2.05) is 36.0 Å². The van der Waals surface area contributed by atoms with Crippen LogP contribution in [0.2, 0.25) is 0 Å². The Hall–Kier alpha value is -4.54. The Morgan fingerprint density at radius 1 is 0.804 bits per heavy atom. The summed E-state index contributed by atoms with van der Waals surface area (Å²) in [7, 11) is 0. The first-order valence-corrected chi connectivity index (χ1v) is 16.3. The van der Waals surface area contributed by atoms with E-state index < -0.39 is 6.10 Å². The van der Waals surface area contributed by atoms with Gasteiger partial charge in [0.15, 0.2) is 0 Å². The van der Waals surface area contributed by atoms with Crippen molar-refractivity contribution in [3.8, 4) is 22.5 Å². The lowest BCUT2D eigenvalue weighted by molar-refractivity contribution is 0.0540. The second-order valence-corrected chi connectivity index (χ2v) is 13.0. The Kier molecular flexibility index (Phi) is 8.31. The Morgan fingerprint density at radius 3 is 1.91 bits per heavy atom. The number of carbonyl (C=O) groups excluding carboxylic acids is 1. The van der Waals surface area contributed by atoms with Crippen molar-refractivity contribution in [2.45, 2.75) is 63.8 Å². The fraction of sp³-hybridized carbons (Fsp3) is 0.389. The van der Waals surface area contributed by atoms with Crippen LogP contribution in [0.25, 0.3) is 22.5 Å². The Labute approximate surface area is 269 Å². The second kappa shape index (κ2) is 12.7. The van der Waals surface area contributed by atoms with E-state index in [1.54, 1.807) is 12.4 Å². The molecule has 1 saturated heterocycles. The van der Waals surface area contributed by atoms with Crippen molar-refractivity contribution in [1.29, 1.82) is 0 Å². The van der Waals surface area contributed by atoms with Crippen LogP contribution < -0.4 is 0 Å². The van der Waals surface area contributed by atoms with Gasteiger partial charge in [0.2, 0.25) is 0 Å². The number of hydrogen-bond acceptors (Lipinski definition) is 6. The van der Waals surface area contributed by atoms with Crippen LogP contribution in [0.5, 0.6) is 0 Å². The minimum Gasteiger partial charge on any atom is -0.393 e. The molecule has 238 valence electrons. The van der Waals surface area contributed by atoms with Gasteiger partial charge in [-0.05, 0) is 48.6 Å². The number of aliphatic hydroxyl groups excluding tert-OH is 2. The van der Waals surface area contributed by atoms with Crippen molar-refractivity contribution in [3.05, 3.63) is 103 Å². The number of piperidine rings is 1. The fourth-order valence-corrected chi connectivity index (χ4v) is 7.28. The molecule has 8 rings (SSSR count). The molecule has 5 aromatic rings. The van der Waals surface area contributed by atoms with Gasteiger partial charge in [-0.25, -0.2) is 19.7 Å². The third-order valence-corrected chi connectivity index (χ3v) is 9.97. The van der Waals surface area contributed by atoms with E-state index in [4.69, 9.17) is 0 Å². The average Bonchev–Trinajstić information content (AvgIpc) is 3.92. The number of likely N-dealkylation sites (tertiary alicyclic amines) is 1. The molecule has 0 aliphatic carbocycles. The zero-order valence-corrected chi connectivity index (χ0v) is 26.3. The topological polar surface area (TPSA) is 114 Å². The van der Waals surface area contributed by atoms with Gasteiger partial charge >= 0.3 is 6.03 Å². The van der Waals surface area contributed by atoms with Crippen molar-refractivity contribution < 1.29 is 15.0 Å². The van der Waals surface area contributed by atoms with Crippen LogP contribution in [-0.2, 0) is 0 Å². The quantitative estimate of drug-likeness (QED) is 0.254. The van der Waals surface area contributed by atoms with Crippen molar-refractivity contribution in [2.24, 2.45) is 11.8 Å². The summed E-state index contributed by atoms with van der Waals surface area (Å²) >= 11 is 0. The molecule has 0 radical (unpaired) electrons. The monoisotopic (exact) mass is 619 g/mol. The summed E-state index contributed by atoms with van der Waals surface area (Å²) in [6, 6.07) is 17.1. The molecule has 0 spiro atoms. The molecule has 2 N–H and O–H groups in total. The van der Waals surface area contributed by atoms with Gasteiger partial charge in [0.05, 0.1) is 60.7 Å². The molecule has 3 aliphatic heterocycles. The highest BCUT2D eigenvalue weighted by Crippen LogP contribution is 2.43. The van der Waals surface area contributed by atoms with Crippen LogP contribution in [0.4, 0.5) is 4.79 Å². The average molecular weight is 620 g/mol. The highest BCUT2D eigenvalue weighted by Gasteiger charge is 2.34. The van der Waals surface area contributed by atoms with Crippen molar-refractivity contribution in [1.82, 2.24) is 33.6 Å². The first-order valence-electron chi connectivity index (χ1n) is 16.3. The van der Waals surface area contributed by atoms with E-state index in [9.17, 15) is 15.0 Å². The summed E-state index contributed by atoms with van der Waals surface area (Å²) in [6.07, 6.45) is 14.7. The highest BCUT2D eigenvalue weighted by atomic mass is 16.3. The predicted molar refractivity (Wildman–Crippen MR) is 175 cm³/mol. The summed E-state index contributed by atoms with van der Waals surface area (Å²) in [5, 5.41) is 21.1. The SMILES string of the molecule is CC(C)C(O)CC1c2ccccc2-c2cncn21.O=C(N1CCC([C@H](O)C[C@H]2c3ccccc3-c3cncn32)CC1)n1ccnc1. The molecule has 6 heterocycles. The van der Waals surface area contributed by atoms with Gasteiger partial charge in [-0.2, -0.15) is 0 Å². The van der Waals surface area contributed by atoms with Gasteiger partial charge in [-0.1, -0.05) is 62.4 Å². The van der Waals surface area contributed by atoms with Crippen LogP contribution in [0, 0.1) is 11.8 Å². The smallest absolute Gasteiger partial charge is 0.329 e. The van der Waals surface area contributed by atoms with E-state index in [0.717, 1.165) is 30.7 Å². The lowest BCUT2D eigenvalue weighted by Crippen LogP contribution is -2.43. The number of fused-ring (bicyclic) bond motifs is 6. The van der Waals surface area contributed by atoms with Crippen LogP contribution in [0.1, 0.15) is 62.7 Å². The van der Waals surface area contributed by atoms with Gasteiger partial charge in [-0.3, -0.25) is 4.57 Å². The van der Waals surface area contributed by atoms with Crippen LogP contribution in [-0.4, -0.2) is 75.1 Å². The summed E-state index contributed by atoms with van der Waals surface area (Å²) < 4.78 is 5.86. The molecule has 1 amide bonds. The number of aromatic nitrogens is 6. The maximum Gasteiger partial charge on any atom is 0.329 e. The van der Waals surface area contributed by atoms with Gasteiger partial charge in [0.1, 0.15) is 6.33 Å². The predicted octanol–water partition coefficient (Wildman–Crippen LogP) is 5.64. The van der Waals surface area contributed by atoms with Crippen molar-refractivity contribution in [2.75, 3.05) is 13.1 Å². The molecule has 3 aliphatic rings. The number of amides is 1. The Morgan fingerprint density at radius 2 is 1.37 bits per heavy atom. The van der Waals surface area contributed by atoms with Gasteiger partial charge < -0.3 is 24.2 Å². The summed E-state index contributed by atoms with van der Waals surface area (Å²) in [6.45, 7) is 5.44. The number of rotatable bonds is 6. The molecule has 4 atom stereocenters. The van der Waals surface area contributed by atoms with E-state index in [-0.39, 0.29) is 36.1 Å². The Balaban J connectivity index is 0.000000162. The number of carbonyl (C=O) groups is 1. The molecular weight excluding hydrogens is 578 g/mol. The maximum absolute atomic E-state index is 12.4. The molecule has 2 unspecified atom stereocenters. The third-order valence-electron chi connectivity index (χ3n) is 9.97. The zero-order valence-electron chi connectivity index (χ0n) is 26.3. The zero-order chi connectivity index (χ0) is 31.8. The Bertz CT molecular complexity index is 1780. The summed E-state index contributed by atoms with van der Waals surface area (Å²) in [5.41, 5.74) is 7.29. The number of benzene rings is 2. The molecule has 3 aromatic heterocycles. The van der Waals surface area contributed by atoms with Crippen LogP contribution >= 0.6 is 0 Å². The lowest BCUT2D eigenvalue weighted by Gasteiger charge is -2.35. The van der Waals surface area contributed by atoms with E-state index >= 15 is 0 Å². The molecule has 10 heteroatoms. The molecule has 0 bridgehead atoms. The third kappa shape index (κ3) is 5.56. The van der Waals surface area contributed by atoms with Gasteiger partial charge in [0.25, 0.3) is 0 Å². The van der Waals surface area contributed by atoms with Crippen molar-refractivity contribution in [3.63, 3.8) is 0 Å². The molecular formula is C36H41N7O3. The molecule has 2 aromatic carbocycles. The number of hydrogen-bond donors (Lipinski definition) is 2. The minimum absolute atomic E-state index is 0.0433. The lowest BCUT2D eigenvalue weighted by atomic mass is 9.86. The number of imidazole rings is 3. The summed E-state index contributed by atoms with van der Waals surface area (Å²) in [5.74, 6) is 0.483. The van der Waals surface area contributed by atoms with Crippen LogP contribution in [0.3, 0.4) is 0 Å². The number of aliphatic hydroxyl groups is 2. The second-order valence-electron chi connectivity index (χ2n) is 13.0. The fourth-order valence-electron chi connectivity index (χ4n) is 7.28. The van der Waals surface area contributed by atoms with Crippen LogP contribution in [0.15, 0.2) is 92.3 Å². The first kappa shape index (κ1) is 30.1. The van der Waals surface area contributed by atoms with Crippen molar-refractivity contribution >= 4 is 6.03 Å². The van der Waals surface area contributed by atoms with E-state index in [2.05, 4.69) is 80.4 Å². The molecule has 0 saturated carbocycles. The highest BCUT2D eigenvalue weighted by molar-refractivity contribution is 5.76. The first-order chi connectivity index (χ1) is 22.4. The largest absolute Gasteiger partial charge is 0.393 e. The molecule has 1 fully saturated rings. The van der Waals surface area contributed by atoms with E-state index in [0.29, 0.717) is 19.5 Å². The van der Waals surface area contributed by atoms with Gasteiger partial charge in [-0.15, -0.1) is 0 Å². The summed E-state index contributed by atoms with van der Waals surface area (Å²) in [4.78, 5) is 26.7. The van der Waals surface area contributed by atoms with E-state index in [1.165, 1.54) is 33.1 Å². The maximum atomic E-state index is 12.4. The molecule has 46 heavy (non-hydrogen) atoms. The number of nitrogens with zero attached hydrogens (tertiary/aromatic N) is 7. The molecule has 10 nitrogen and oxygen atoms in total. The minimum atomic E-state index is -0.406. The standard InChI is InChI=1S/C21H23N5O2.C15H18N2O/c27-20(15-5-8-24(9-6-15)21(28)25-10-7-22-13-25)11-18-16-3-1-2-4-17(16)19-12-23-14-26(18)19;1-10(2)15(18)7-13-11-5-3-4-6-12(11)14-8-16-9-17(13)14/h1-4,7,10,12-15,18,20,27H,5-6,8-9,11H2;3-6,8-10,13,15,18H,7H2,1-2H3/t18-,20+;/m0./s1. The van der Waals surface area contributed by atoms with Gasteiger partial charge in [0, 0.05) is 36.6 Å².